The van der Waals surface area contributed by atoms with E-state index in [1.165, 1.54) is 0 Å². The van der Waals surface area contributed by atoms with E-state index in [1.807, 2.05) is 9.80 Å². The van der Waals surface area contributed by atoms with Crippen LogP contribution in [0.3, 0.4) is 0 Å². The molecule has 3 rings (SSSR count). The molecule has 10 heteroatoms. The lowest BCUT2D eigenvalue weighted by molar-refractivity contribution is -0.138. The van der Waals surface area contributed by atoms with E-state index in [9.17, 15) is 18.0 Å². The van der Waals surface area contributed by atoms with Crippen LogP contribution in [-0.2, 0) is 15.7 Å². The molecule has 132 valence electrons. The first-order valence-electron chi connectivity index (χ1n) is 7.51. The number of aromatic nitrogens is 2. The van der Waals surface area contributed by atoms with E-state index in [1.54, 1.807) is 0 Å². The molecule has 2 saturated heterocycles. The van der Waals surface area contributed by atoms with Gasteiger partial charge in [0, 0.05) is 25.5 Å². The van der Waals surface area contributed by atoms with Gasteiger partial charge in [0.2, 0.25) is 11.9 Å². The highest BCUT2D eigenvalue weighted by molar-refractivity contribution is 14.1. The van der Waals surface area contributed by atoms with Crippen LogP contribution in [0.5, 0.6) is 0 Å². The SMILES string of the molecule is O=C(CCOCI)N1CC[C@@H]2[C@H]1CN2c1ncc(C(F)(F)F)cn1. The van der Waals surface area contributed by atoms with Gasteiger partial charge in [0.25, 0.3) is 0 Å². The van der Waals surface area contributed by atoms with Crippen molar-refractivity contribution in [1.82, 2.24) is 14.9 Å². The van der Waals surface area contributed by atoms with Gasteiger partial charge in [0.1, 0.15) is 0 Å². The smallest absolute Gasteiger partial charge is 0.371 e. The molecule has 2 fully saturated rings. The van der Waals surface area contributed by atoms with Crippen LogP contribution in [0, 0.1) is 0 Å². The van der Waals surface area contributed by atoms with Crippen molar-refractivity contribution < 1.29 is 22.7 Å². The maximum Gasteiger partial charge on any atom is 0.419 e. The third-order valence-corrected chi connectivity index (χ3v) is 4.81. The summed E-state index contributed by atoms with van der Waals surface area (Å²) in [6.07, 6.45) is -1.71. The highest BCUT2D eigenvalue weighted by atomic mass is 127. The van der Waals surface area contributed by atoms with Gasteiger partial charge in [-0.2, -0.15) is 13.2 Å². The minimum Gasteiger partial charge on any atom is -0.371 e. The molecule has 0 saturated carbocycles. The van der Waals surface area contributed by atoms with Crippen LogP contribution in [0.1, 0.15) is 18.4 Å². The van der Waals surface area contributed by atoms with E-state index >= 15 is 0 Å². The maximum absolute atomic E-state index is 12.6. The predicted octanol–water partition coefficient (Wildman–Crippen LogP) is 2.08. The fraction of sp³-hybridized carbons (Fsp3) is 0.643. The number of carbonyl (C=O) groups excluding carboxylic acids is 1. The van der Waals surface area contributed by atoms with Crippen molar-refractivity contribution in [3.05, 3.63) is 18.0 Å². The van der Waals surface area contributed by atoms with E-state index in [2.05, 4.69) is 32.6 Å². The van der Waals surface area contributed by atoms with Crippen LogP contribution in [0.15, 0.2) is 12.4 Å². The quantitative estimate of drug-likeness (QED) is 0.386. The number of carbonyl (C=O) groups is 1. The fourth-order valence-electron chi connectivity index (χ4n) is 3.13. The van der Waals surface area contributed by atoms with Crippen molar-refractivity contribution in [2.24, 2.45) is 0 Å². The molecule has 3 heterocycles. The number of ether oxygens (including phenoxy) is 1. The third kappa shape index (κ3) is 3.44. The molecule has 24 heavy (non-hydrogen) atoms. The maximum atomic E-state index is 12.6. The van der Waals surface area contributed by atoms with Gasteiger partial charge in [-0.25, -0.2) is 9.97 Å². The summed E-state index contributed by atoms with van der Waals surface area (Å²) in [7, 11) is 0. The molecule has 0 unspecified atom stereocenters. The second-order valence-electron chi connectivity index (χ2n) is 5.70. The number of alkyl halides is 4. The zero-order valence-corrected chi connectivity index (χ0v) is 14.8. The van der Waals surface area contributed by atoms with E-state index in [-0.39, 0.29) is 23.9 Å². The van der Waals surface area contributed by atoms with Gasteiger partial charge < -0.3 is 14.5 Å². The van der Waals surface area contributed by atoms with Gasteiger partial charge in [-0.3, -0.25) is 4.79 Å². The van der Waals surface area contributed by atoms with Crippen molar-refractivity contribution in [2.75, 3.05) is 29.2 Å². The number of fused-ring (bicyclic) bond motifs is 1. The van der Waals surface area contributed by atoms with E-state index < -0.39 is 11.7 Å². The zero-order valence-electron chi connectivity index (χ0n) is 12.7. The minimum absolute atomic E-state index is 0.0559. The van der Waals surface area contributed by atoms with Crippen LogP contribution in [0.25, 0.3) is 0 Å². The van der Waals surface area contributed by atoms with Crippen LogP contribution in [-0.4, -0.2) is 57.2 Å². The first-order chi connectivity index (χ1) is 11.4. The van der Waals surface area contributed by atoms with Crippen molar-refractivity contribution in [3.8, 4) is 0 Å². The van der Waals surface area contributed by atoms with Crippen molar-refractivity contribution in [2.45, 2.75) is 31.1 Å². The summed E-state index contributed by atoms with van der Waals surface area (Å²) >= 11 is 2.08. The fourth-order valence-corrected chi connectivity index (χ4v) is 3.44. The Balaban J connectivity index is 1.58. The molecule has 1 aromatic heterocycles. The Labute approximate surface area is 150 Å². The number of halogens is 4. The molecule has 1 aromatic rings. The van der Waals surface area contributed by atoms with E-state index in [4.69, 9.17) is 4.74 Å². The number of hydrogen-bond donors (Lipinski definition) is 0. The Kier molecular flexibility index (Phi) is 5.13. The molecule has 6 nitrogen and oxygen atoms in total. The molecule has 0 spiro atoms. The lowest BCUT2D eigenvalue weighted by Gasteiger charge is -2.46. The Morgan fingerprint density at radius 1 is 1.33 bits per heavy atom. The molecule has 0 aromatic carbocycles. The van der Waals surface area contributed by atoms with Gasteiger partial charge in [-0.15, -0.1) is 0 Å². The zero-order chi connectivity index (χ0) is 17.3. The Morgan fingerprint density at radius 3 is 2.67 bits per heavy atom. The van der Waals surface area contributed by atoms with Gasteiger partial charge in [0.15, 0.2) is 0 Å². The standard InChI is InChI=1S/C14H16F3IN4O2/c15-14(16,17)9-5-19-13(20-6-9)22-7-11-10(22)1-3-21(11)12(23)2-4-24-8-18/h5-6,10-11H,1-4,7-8H2/t10-,11-/m1/s1. The summed E-state index contributed by atoms with van der Waals surface area (Å²) < 4.78 is 43.4. The molecule has 0 bridgehead atoms. The van der Waals surface area contributed by atoms with Crippen LogP contribution >= 0.6 is 22.6 Å². The average Bonchev–Trinajstić information content (AvgIpc) is 2.84. The summed E-state index contributed by atoms with van der Waals surface area (Å²) in [6, 6.07) is 0.166. The van der Waals surface area contributed by atoms with Crippen LogP contribution in [0.2, 0.25) is 0 Å². The number of anilines is 1. The average molecular weight is 456 g/mol. The first kappa shape index (κ1) is 17.6. The van der Waals surface area contributed by atoms with Crippen molar-refractivity contribution in [3.63, 3.8) is 0 Å². The highest BCUT2D eigenvalue weighted by Gasteiger charge is 2.49. The lowest BCUT2D eigenvalue weighted by atomic mass is 9.98. The molecule has 2 aliphatic rings. The first-order valence-corrected chi connectivity index (χ1v) is 9.03. The largest absolute Gasteiger partial charge is 0.419 e. The third-order valence-electron chi connectivity index (χ3n) is 4.37. The predicted molar refractivity (Wildman–Crippen MR) is 87.7 cm³/mol. The lowest BCUT2D eigenvalue weighted by Crippen LogP contribution is -2.63. The number of rotatable bonds is 5. The molecular formula is C14H16F3IN4O2. The van der Waals surface area contributed by atoms with Crippen molar-refractivity contribution in [1.29, 1.82) is 0 Å². The number of hydrogen-bond acceptors (Lipinski definition) is 5. The van der Waals surface area contributed by atoms with E-state index in [0.717, 1.165) is 18.8 Å². The normalized spacial score (nSPS) is 23.2. The number of amides is 1. The summed E-state index contributed by atoms with van der Waals surface area (Å²) in [5.41, 5.74) is -0.859. The van der Waals surface area contributed by atoms with Crippen LogP contribution in [0.4, 0.5) is 19.1 Å². The van der Waals surface area contributed by atoms with Crippen molar-refractivity contribution >= 4 is 34.4 Å². The molecule has 0 radical (unpaired) electrons. The van der Waals surface area contributed by atoms with Gasteiger partial charge in [0.05, 0.1) is 35.3 Å². The van der Waals surface area contributed by atoms with Gasteiger partial charge in [-0.05, 0) is 6.42 Å². The number of likely N-dealkylation sites (tertiary alicyclic amines) is 1. The summed E-state index contributed by atoms with van der Waals surface area (Å²) in [6.45, 7) is 1.60. The summed E-state index contributed by atoms with van der Waals surface area (Å²) in [5, 5.41) is 0. The molecule has 1 amide bonds. The topological polar surface area (TPSA) is 58.6 Å². The minimum atomic E-state index is -4.44. The Hall–Kier alpha value is -1.17. The highest BCUT2D eigenvalue weighted by Crippen LogP contribution is 2.36. The molecule has 0 N–H and O–H groups in total. The van der Waals surface area contributed by atoms with Gasteiger partial charge >= 0.3 is 6.18 Å². The molecule has 2 aliphatic heterocycles. The molecule has 2 atom stereocenters. The monoisotopic (exact) mass is 456 g/mol. The molecular weight excluding hydrogens is 440 g/mol. The molecule has 0 aliphatic carbocycles. The Morgan fingerprint density at radius 2 is 2.04 bits per heavy atom. The van der Waals surface area contributed by atoms with Gasteiger partial charge in [-0.1, -0.05) is 22.6 Å². The number of nitrogens with zero attached hydrogens (tertiary/aromatic N) is 4. The second kappa shape index (κ2) is 6.98. The summed E-state index contributed by atoms with van der Waals surface area (Å²) in [4.78, 5) is 23.5. The second-order valence-corrected chi connectivity index (χ2v) is 6.32. The van der Waals surface area contributed by atoms with E-state index in [0.29, 0.717) is 30.7 Å². The summed E-state index contributed by atoms with van der Waals surface area (Å²) in [5.74, 6) is 0.340. The Bertz CT molecular complexity index is 599. The van der Waals surface area contributed by atoms with Crippen LogP contribution < -0.4 is 4.90 Å².